The van der Waals surface area contributed by atoms with Gasteiger partial charge in [-0.3, -0.25) is 0 Å². The van der Waals surface area contributed by atoms with Gasteiger partial charge in [-0.1, -0.05) is 15.9 Å². The van der Waals surface area contributed by atoms with Crippen molar-refractivity contribution in [1.82, 2.24) is 0 Å². The highest BCUT2D eigenvalue weighted by Crippen LogP contribution is 2.41. The molecule has 1 aromatic heterocycles. The highest BCUT2D eigenvalue weighted by Gasteiger charge is 2.24. The van der Waals surface area contributed by atoms with Gasteiger partial charge < -0.3 is 4.74 Å². The van der Waals surface area contributed by atoms with Crippen molar-refractivity contribution < 1.29 is 4.74 Å². The SMILES string of the molecule is COc1ccc(C2CCC(Br)C2)s1. The zero-order valence-electron chi connectivity index (χ0n) is 7.63. The van der Waals surface area contributed by atoms with Crippen LogP contribution in [-0.2, 0) is 0 Å². The lowest BCUT2D eigenvalue weighted by molar-refractivity contribution is 0.427. The maximum atomic E-state index is 5.19. The molecule has 1 aromatic rings. The standard InChI is InChI=1S/C10H13BrOS/c1-12-10-5-4-9(13-10)7-2-3-8(11)6-7/h4-5,7-8H,2-3,6H2,1H3. The van der Waals surface area contributed by atoms with Crippen LogP contribution in [-0.4, -0.2) is 11.9 Å². The second kappa shape index (κ2) is 4.01. The zero-order valence-corrected chi connectivity index (χ0v) is 10.0. The minimum absolute atomic E-state index is 0.727. The van der Waals surface area contributed by atoms with Crippen molar-refractivity contribution in [3.63, 3.8) is 0 Å². The number of ether oxygens (including phenoxy) is 1. The lowest BCUT2D eigenvalue weighted by atomic mass is 10.1. The Balaban J connectivity index is 2.08. The van der Waals surface area contributed by atoms with Crippen molar-refractivity contribution in [1.29, 1.82) is 0 Å². The first kappa shape index (κ1) is 9.53. The Labute approximate surface area is 91.2 Å². The summed E-state index contributed by atoms with van der Waals surface area (Å²) in [5, 5.41) is 1.04. The van der Waals surface area contributed by atoms with Crippen LogP contribution in [0.15, 0.2) is 12.1 Å². The summed E-state index contributed by atoms with van der Waals surface area (Å²) >= 11 is 5.46. The molecular formula is C10H13BrOS. The Bertz CT molecular complexity index is 284. The van der Waals surface area contributed by atoms with Gasteiger partial charge in [-0.25, -0.2) is 0 Å². The first-order valence-electron chi connectivity index (χ1n) is 4.57. The molecule has 1 fully saturated rings. The van der Waals surface area contributed by atoms with E-state index in [1.807, 2.05) is 0 Å². The Morgan fingerprint density at radius 2 is 2.31 bits per heavy atom. The fourth-order valence-corrected chi connectivity index (χ4v) is 3.53. The molecule has 1 aliphatic carbocycles. The zero-order chi connectivity index (χ0) is 9.26. The van der Waals surface area contributed by atoms with E-state index in [2.05, 4.69) is 28.1 Å². The predicted molar refractivity (Wildman–Crippen MR) is 60.2 cm³/mol. The predicted octanol–water partition coefficient (Wildman–Crippen LogP) is 3.79. The Morgan fingerprint density at radius 3 is 2.85 bits per heavy atom. The molecule has 3 heteroatoms. The van der Waals surface area contributed by atoms with E-state index in [1.165, 1.54) is 24.1 Å². The Hall–Kier alpha value is -0.0200. The van der Waals surface area contributed by atoms with Gasteiger partial charge in [0, 0.05) is 9.70 Å². The lowest BCUT2D eigenvalue weighted by Crippen LogP contribution is -1.90. The van der Waals surface area contributed by atoms with Gasteiger partial charge in [-0.2, -0.15) is 0 Å². The molecule has 1 heterocycles. The molecule has 0 radical (unpaired) electrons. The largest absolute Gasteiger partial charge is 0.487 e. The minimum Gasteiger partial charge on any atom is -0.487 e. The average molecular weight is 261 g/mol. The molecule has 1 saturated carbocycles. The topological polar surface area (TPSA) is 9.23 Å². The van der Waals surface area contributed by atoms with Gasteiger partial charge in [-0.15, -0.1) is 11.3 Å². The first-order valence-corrected chi connectivity index (χ1v) is 6.30. The van der Waals surface area contributed by atoms with Crippen LogP contribution in [0.1, 0.15) is 30.1 Å². The fourth-order valence-electron chi connectivity index (χ4n) is 1.85. The van der Waals surface area contributed by atoms with E-state index in [-0.39, 0.29) is 0 Å². The van der Waals surface area contributed by atoms with Gasteiger partial charge >= 0.3 is 0 Å². The van der Waals surface area contributed by atoms with E-state index in [0.717, 1.165) is 15.8 Å². The summed E-state index contributed by atoms with van der Waals surface area (Å²) in [6.45, 7) is 0. The summed E-state index contributed by atoms with van der Waals surface area (Å²) in [6, 6.07) is 4.28. The first-order chi connectivity index (χ1) is 6.29. The molecule has 1 nitrogen and oxygen atoms in total. The number of alkyl halides is 1. The van der Waals surface area contributed by atoms with Crippen LogP contribution in [0.3, 0.4) is 0 Å². The van der Waals surface area contributed by atoms with Gasteiger partial charge in [-0.05, 0) is 37.3 Å². The van der Waals surface area contributed by atoms with Gasteiger partial charge in [0.15, 0.2) is 5.06 Å². The van der Waals surface area contributed by atoms with E-state index in [9.17, 15) is 0 Å². The molecule has 0 bridgehead atoms. The normalized spacial score (nSPS) is 27.8. The van der Waals surface area contributed by atoms with Gasteiger partial charge in [0.05, 0.1) is 7.11 Å². The highest BCUT2D eigenvalue weighted by atomic mass is 79.9. The van der Waals surface area contributed by atoms with Crippen molar-refractivity contribution in [2.24, 2.45) is 0 Å². The van der Waals surface area contributed by atoms with Gasteiger partial charge in [0.2, 0.25) is 0 Å². The van der Waals surface area contributed by atoms with Crippen molar-refractivity contribution >= 4 is 27.3 Å². The molecule has 2 atom stereocenters. The van der Waals surface area contributed by atoms with Crippen LogP contribution in [0.4, 0.5) is 0 Å². The van der Waals surface area contributed by atoms with E-state index in [0.29, 0.717) is 0 Å². The fraction of sp³-hybridized carbons (Fsp3) is 0.600. The van der Waals surface area contributed by atoms with Gasteiger partial charge in [0.25, 0.3) is 0 Å². The monoisotopic (exact) mass is 260 g/mol. The number of rotatable bonds is 2. The molecule has 0 saturated heterocycles. The van der Waals surface area contributed by atoms with E-state index in [1.54, 1.807) is 18.4 Å². The molecule has 0 aromatic carbocycles. The van der Waals surface area contributed by atoms with Gasteiger partial charge in [0.1, 0.15) is 0 Å². The van der Waals surface area contributed by atoms with E-state index >= 15 is 0 Å². The van der Waals surface area contributed by atoms with Crippen LogP contribution in [0, 0.1) is 0 Å². The third kappa shape index (κ3) is 2.08. The number of halogens is 1. The van der Waals surface area contributed by atoms with Crippen LogP contribution >= 0.6 is 27.3 Å². The molecule has 2 rings (SSSR count). The summed E-state index contributed by atoms with van der Waals surface area (Å²) in [6.07, 6.45) is 3.91. The Kier molecular flexibility index (Phi) is 2.94. The smallest absolute Gasteiger partial charge is 0.173 e. The molecular weight excluding hydrogens is 248 g/mol. The number of thiophene rings is 1. The van der Waals surface area contributed by atoms with E-state index < -0.39 is 0 Å². The summed E-state index contributed by atoms with van der Waals surface area (Å²) in [7, 11) is 1.73. The molecule has 13 heavy (non-hydrogen) atoms. The molecule has 0 aliphatic heterocycles. The average Bonchev–Trinajstić information content (AvgIpc) is 2.71. The quantitative estimate of drug-likeness (QED) is 0.736. The van der Waals surface area contributed by atoms with Crippen LogP contribution < -0.4 is 4.74 Å². The maximum absolute atomic E-state index is 5.19. The summed E-state index contributed by atoms with van der Waals surface area (Å²) < 4.78 is 5.19. The van der Waals surface area contributed by atoms with Crippen LogP contribution in [0.5, 0.6) is 5.06 Å². The second-order valence-electron chi connectivity index (χ2n) is 3.47. The molecule has 0 spiro atoms. The third-order valence-electron chi connectivity index (χ3n) is 2.57. The summed E-state index contributed by atoms with van der Waals surface area (Å²) in [5.41, 5.74) is 0. The number of hydrogen-bond donors (Lipinski definition) is 0. The van der Waals surface area contributed by atoms with Crippen LogP contribution in [0.25, 0.3) is 0 Å². The van der Waals surface area contributed by atoms with Crippen molar-refractivity contribution in [3.8, 4) is 5.06 Å². The number of hydrogen-bond acceptors (Lipinski definition) is 2. The van der Waals surface area contributed by atoms with E-state index in [4.69, 9.17) is 4.74 Å². The maximum Gasteiger partial charge on any atom is 0.173 e. The molecule has 2 unspecified atom stereocenters. The summed E-state index contributed by atoms with van der Waals surface area (Å²) in [5.74, 6) is 0.762. The van der Waals surface area contributed by atoms with Crippen molar-refractivity contribution in [3.05, 3.63) is 17.0 Å². The lowest BCUT2D eigenvalue weighted by Gasteiger charge is -2.04. The molecule has 0 amide bonds. The molecule has 72 valence electrons. The minimum atomic E-state index is 0.727. The highest BCUT2D eigenvalue weighted by molar-refractivity contribution is 9.09. The number of methoxy groups -OCH3 is 1. The van der Waals surface area contributed by atoms with Crippen LogP contribution in [0.2, 0.25) is 0 Å². The second-order valence-corrected chi connectivity index (χ2v) is 5.84. The molecule has 1 aliphatic rings. The third-order valence-corrected chi connectivity index (χ3v) is 4.62. The van der Waals surface area contributed by atoms with Crippen molar-refractivity contribution in [2.75, 3.05) is 7.11 Å². The van der Waals surface area contributed by atoms with Crippen molar-refractivity contribution in [2.45, 2.75) is 30.0 Å². The Morgan fingerprint density at radius 1 is 1.46 bits per heavy atom. The summed E-state index contributed by atoms with van der Waals surface area (Å²) in [4.78, 5) is 2.21. The molecule has 0 N–H and O–H groups in total.